The normalized spacial score (nSPS) is 23.7. The Hall–Kier alpha value is -3.26. The lowest BCUT2D eigenvalue weighted by molar-refractivity contribution is -0.137. The number of piperidine rings is 1. The Bertz CT molecular complexity index is 1160. The van der Waals surface area contributed by atoms with Crippen molar-refractivity contribution in [2.75, 3.05) is 0 Å². The van der Waals surface area contributed by atoms with Gasteiger partial charge in [0.15, 0.2) is 0 Å². The van der Waals surface area contributed by atoms with E-state index in [9.17, 15) is 19.2 Å². The number of hydrogen-bond acceptors (Lipinski definition) is 5. The molecule has 9 heteroatoms. The number of imide groups is 1. The maximum atomic E-state index is 13.6. The number of nitrogens with zero attached hydrogens (tertiary/aromatic N) is 2. The summed E-state index contributed by atoms with van der Waals surface area (Å²) >= 11 is 6.08. The van der Waals surface area contributed by atoms with Crippen molar-refractivity contribution in [3.05, 3.63) is 63.9 Å². The van der Waals surface area contributed by atoms with Crippen molar-refractivity contribution in [1.82, 2.24) is 15.2 Å². The molecule has 3 aliphatic rings. The van der Waals surface area contributed by atoms with Gasteiger partial charge in [0.25, 0.3) is 5.91 Å². The van der Waals surface area contributed by atoms with Crippen molar-refractivity contribution in [2.45, 2.75) is 50.1 Å². The maximum absolute atomic E-state index is 13.6. The molecule has 0 radical (unpaired) electrons. The van der Waals surface area contributed by atoms with Crippen LogP contribution in [0.15, 0.2) is 36.5 Å². The summed E-state index contributed by atoms with van der Waals surface area (Å²) in [6.07, 6.45) is 4.98. The van der Waals surface area contributed by atoms with Crippen LogP contribution in [0.25, 0.3) is 0 Å². The quantitative estimate of drug-likeness (QED) is 0.656. The van der Waals surface area contributed by atoms with Crippen molar-refractivity contribution in [2.24, 2.45) is 11.7 Å². The fraction of sp³-hybridized carbons (Fsp3) is 0.375. The second-order valence-electron chi connectivity index (χ2n) is 8.91. The average Bonchev–Trinajstić information content (AvgIpc) is 3.03. The van der Waals surface area contributed by atoms with Crippen LogP contribution in [0, 0.1) is 5.92 Å². The van der Waals surface area contributed by atoms with E-state index in [1.807, 2.05) is 6.07 Å². The van der Waals surface area contributed by atoms with E-state index in [1.54, 1.807) is 29.3 Å². The summed E-state index contributed by atoms with van der Waals surface area (Å²) in [6, 6.07) is 7.10. The second-order valence-corrected chi connectivity index (χ2v) is 9.34. The molecule has 33 heavy (non-hydrogen) atoms. The number of hydrogen-bond donors (Lipinski definition) is 2. The summed E-state index contributed by atoms with van der Waals surface area (Å²) in [7, 11) is 0. The van der Waals surface area contributed by atoms with E-state index >= 15 is 0 Å². The van der Waals surface area contributed by atoms with Crippen LogP contribution in [0.4, 0.5) is 0 Å². The van der Waals surface area contributed by atoms with Crippen molar-refractivity contribution >= 4 is 35.2 Å². The third kappa shape index (κ3) is 3.68. The minimum Gasteiger partial charge on any atom is -0.366 e. The number of aromatic nitrogens is 1. The van der Waals surface area contributed by atoms with Gasteiger partial charge in [0.05, 0.1) is 11.1 Å². The monoisotopic (exact) mass is 466 g/mol. The van der Waals surface area contributed by atoms with Gasteiger partial charge in [-0.1, -0.05) is 18.0 Å². The van der Waals surface area contributed by atoms with Gasteiger partial charge >= 0.3 is 0 Å². The zero-order valence-electron chi connectivity index (χ0n) is 17.8. The van der Waals surface area contributed by atoms with Gasteiger partial charge in [-0.05, 0) is 61.1 Å². The van der Waals surface area contributed by atoms with Gasteiger partial charge in [-0.15, -0.1) is 0 Å². The zero-order chi connectivity index (χ0) is 23.3. The average molecular weight is 467 g/mol. The van der Waals surface area contributed by atoms with E-state index in [0.717, 1.165) is 25.0 Å². The third-order valence-corrected chi connectivity index (χ3v) is 7.28. The molecule has 8 nitrogen and oxygen atoms in total. The lowest BCUT2D eigenvalue weighted by Gasteiger charge is -2.43. The minimum absolute atomic E-state index is 0.156. The molecule has 2 aromatic rings. The van der Waals surface area contributed by atoms with Crippen LogP contribution in [0.2, 0.25) is 5.02 Å². The van der Waals surface area contributed by atoms with Crippen molar-refractivity contribution < 1.29 is 19.2 Å². The third-order valence-electron chi connectivity index (χ3n) is 7.05. The molecule has 1 aromatic heterocycles. The predicted octanol–water partition coefficient (Wildman–Crippen LogP) is 2.72. The van der Waals surface area contributed by atoms with Gasteiger partial charge in [-0.3, -0.25) is 29.5 Å². The van der Waals surface area contributed by atoms with Gasteiger partial charge in [0, 0.05) is 35.4 Å². The molecule has 5 rings (SSSR count). The first-order chi connectivity index (χ1) is 15.8. The number of nitrogens with two attached hydrogens (primary N) is 1. The van der Waals surface area contributed by atoms with Crippen LogP contribution in [0.5, 0.6) is 0 Å². The van der Waals surface area contributed by atoms with E-state index < -0.39 is 23.9 Å². The van der Waals surface area contributed by atoms with Crippen molar-refractivity contribution in [3.63, 3.8) is 0 Å². The molecular formula is C24H23ClN4O4. The van der Waals surface area contributed by atoms with E-state index in [4.69, 9.17) is 17.3 Å². The molecule has 170 valence electrons. The van der Waals surface area contributed by atoms with E-state index in [2.05, 4.69) is 10.3 Å². The van der Waals surface area contributed by atoms with Gasteiger partial charge < -0.3 is 10.6 Å². The fourth-order valence-electron chi connectivity index (χ4n) is 5.26. The topological polar surface area (TPSA) is 122 Å². The number of pyridine rings is 1. The molecule has 4 amide bonds. The first-order valence-electron chi connectivity index (χ1n) is 11.1. The molecule has 3 N–H and O–H groups in total. The van der Waals surface area contributed by atoms with Crippen LogP contribution in [-0.4, -0.2) is 39.6 Å². The molecule has 0 spiro atoms. The molecule has 2 unspecified atom stereocenters. The number of carbonyl (C=O) groups excluding carboxylic acids is 4. The molecule has 2 fully saturated rings. The summed E-state index contributed by atoms with van der Waals surface area (Å²) in [5.74, 6) is -1.66. The summed E-state index contributed by atoms with van der Waals surface area (Å²) in [5, 5.41) is 2.87. The Labute approximate surface area is 195 Å². The highest BCUT2D eigenvalue weighted by Crippen LogP contribution is 2.52. The lowest BCUT2D eigenvalue weighted by atomic mass is 9.69. The highest BCUT2D eigenvalue weighted by Gasteiger charge is 2.50. The summed E-state index contributed by atoms with van der Waals surface area (Å²) in [4.78, 5) is 56.4. The summed E-state index contributed by atoms with van der Waals surface area (Å²) in [5.41, 5.74) is 7.71. The largest absolute Gasteiger partial charge is 0.366 e. The molecule has 2 aliphatic heterocycles. The number of nitrogens with one attached hydrogen (secondary N) is 1. The van der Waals surface area contributed by atoms with Crippen molar-refractivity contribution in [1.29, 1.82) is 0 Å². The fourth-order valence-corrected chi connectivity index (χ4v) is 5.38. The smallest absolute Gasteiger partial charge is 0.255 e. The molecule has 1 saturated heterocycles. The van der Waals surface area contributed by atoms with Gasteiger partial charge in [-0.2, -0.15) is 0 Å². The molecular weight excluding hydrogens is 444 g/mol. The van der Waals surface area contributed by atoms with Gasteiger partial charge in [0.1, 0.15) is 6.04 Å². The van der Waals surface area contributed by atoms with Crippen LogP contribution in [0.1, 0.15) is 76.0 Å². The van der Waals surface area contributed by atoms with Crippen LogP contribution in [-0.2, 0) is 9.59 Å². The van der Waals surface area contributed by atoms with Gasteiger partial charge in [0.2, 0.25) is 17.7 Å². The molecule has 1 aromatic carbocycles. The predicted molar refractivity (Wildman–Crippen MR) is 119 cm³/mol. The number of rotatable bonds is 5. The van der Waals surface area contributed by atoms with Crippen LogP contribution >= 0.6 is 11.6 Å². The molecule has 1 aliphatic carbocycles. The number of amides is 4. The Morgan fingerprint density at radius 2 is 1.94 bits per heavy atom. The zero-order valence-corrected chi connectivity index (χ0v) is 18.5. The highest BCUT2D eigenvalue weighted by atomic mass is 35.5. The first-order valence-corrected chi connectivity index (χ1v) is 11.4. The number of fused-ring (bicyclic) bond motifs is 1. The Balaban J connectivity index is 1.67. The second kappa shape index (κ2) is 8.26. The van der Waals surface area contributed by atoms with Crippen LogP contribution in [0.3, 0.4) is 0 Å². The Morgan fingerprint density at radius 3 is 2.55 bits per heavy atom. The van der Waals surface area contributed by atoms with Crippen molar-refractivity contribution in [3.8, 4) is 0 Å². The Morgan fingerprint density at radius 1 is 1.15 bits per heavy atom. The highest BCUT2D eigenvalue weighted by molar-refractivity contribution is 6.30. The number of primary amides is 1. The molecule has 0 bridgehead atoms. The maximum Gasteiger partial charge on any atom is 0.255 e. The SMILES string of the molecule is NC(=O)c1ccc2c(c1)C([C@H](c1ccc(Cl)cn1)C1CCC1)N(C1CCC(=O)NC1=O)C2=O. The number of carbonyl (C=O) groups is 4. The summed E-state index contributed by atoms with van der Waals surface area (Å²) < 4.78 is 0. The first kappa shape index (κ1) is 21.6. The molecule has 1 saturated carbocycles. The summed E-state index contributed by atoms with van der Waals surface area (Å²) in [6.45, 7) is 0. The number of benzene rings is 1. The number of halogens is 1. The van der Waals surface area contributed by atoms with E-state index in [-0.39, 0.29) is 36.5 Å². The van der Waals surface area contributed by atoms with E-state index in [1.165, 1.54) is 6.07 Å². The van der Waals surface area contributed by atoms with Gasteiger partial charge in [-0.25, -0.2) is 0 Å². The minimum atomic E-state index is -0.792. The van der Waals surface area contributed by atoms with Crippen LogP contribution < -0.4 is 11.1 Å². The Kier molecular flexibility index (Phi) is 5.40. The molecule has 3 atom stereocenters. The lowest BCUT2D eigenvalue weighted by Crippen LogP contribution is -2.54. The van der Waals surface area contributed by atoms with E-state index in [0.29, 0.717) is 21.7 Å². The molecule has 3 heterocycles. The standard InChI is InChI=1S/C24H23ClN4O4/c25-14-5-7-17(27-11-14)20(12-2-1-3-12)21-16-10-13(22(26)31)4-6-15(16)24(33)29(21)18-8-9-19(30)28-23(18)32/h4-7,10-12,18,20-21H,1-3,8-9H2,(H2,26,31)(H,28,30,32)/t18?,20-,21?/m0/s1.